The first-order chi connectivity index (χ1) is 26.1. The second kappa shape index (κ2) is 14.6. The predicted molar refractivity (Wildman–Crippen MR) is 201 cm³/mol. The Kier molecular flexibility index (Phi) is 10.3. The molecule has 0 fully saturated rings. The van der Waals surface area contributed by atoms with Gasteiger partial charge in [-0.05, 0) is 71.8 Å². The van der Waals surface area contributed by atoms with Crippen molar-refractivity contribution >= 4 is 85.4 Å². The number of carbonyl (C=O) groups is 2. The van der Waals surface area contributed by atoms with Gasteiger partial charge in [-0.1, -0.05) is 24.3 Å². The van der Waals surface area contributed by atoms with Gasteiger partial charge in [0.15, 0.2) is 0 Å². The van der Waals surface area contributed by atoms with Gasteiger partial charge in [0.25, 0.3) is 40.5 Å². The summed E-state index contributed by atoms with van der Waals surface area (Å²) in [6.07, 6.45) is 8.52. The SMILES string of the molecule is O=C1/C(=C\Nc2ccc(/C=C/c3ccc(N/C=C4\C=C(S(=O)(=O)O)c5cccnc5C4=O)cc3S(=O)(=O)O)c(S(=O)(=O)O)c2)C=C(S(=O)(=O)O)c2cccnc21. The summed E-state index contributed by atoms with van der Waals surface area (Å²) < 4.78 is 137. The van der Waals surface area contributed by atoms with Crippen molar-refractivity contribution < 1.29 is 61.5 Å². The molecule has 0 radical (unpaired) electrons. The molecular formula is C34H24N4O14S4. The molecule has 0 spiro atoms. The molecule has 0 amide bonds. The third kappa shape index (κ3) is 8.31. The molecule has 6 N–H and O–H groups in total. The van der Waals surface area contributed by atoms with Gasteiger partial charge in [-0.2, -0.15) is 33.7 Å². The minimum absolute atomic E-state index is 0.0267. The van der Waals surface area contributed by atoms with Gasteiger partial charge in [0, 0.05) is 58.4 Å². The lowest BCUT2D eigenvalue weighted by Gasteiger charge is -2.16. The summed E-state index contributed by atoms with van der Waals surface area (Å²) in [7, 11) is -19.5. The highest BCUT2D eigenvalue weighted by molar-refractivity contribution is 7.95. The van der Waals surface area contributed by atoms with E-state index in [-0.39, 0.29) is 56.2 Å². The van der Waals surface area contributed by atoms with E-state index in [1.807, 2.05) is 0 Å². The number of pyridine rings is 2. The zero-order chi connectivity index (χ0) is 40.8. The highest BCUT2D eigenvalue weighted by atomic mass is 32.2. The lowest BCUT2D eigenvalue weighted by atomic mass is 9.97. The van der Waals surface area contributed by atoms with Crippen LogP contribution in [0.25, 0.3) is 22.0 Å². The van der Waals surface area contributed by atoms with E-state index in [1.54, 1.807) is 0 Å². The molecule has 4 aromatic rings. The molecule has 2 aliphatic rings. The third-order valence-corrected chi connectivity index (χ3v) is 11.6. The van der Waals surface area contributed by atoms with Crippen LogP contribution in [0.5, 0.6) is 0 Å². The van der Waals surface area contributed by atoms with E-state index in [1.165, 1.54) is 60.9 Å². The average Bonchev–Trinajstić information content (AvgIpc) is 3.12. The predicted octanol–water partition coefficient (Wildman–Crippen LogP) is 3.98. The first-order valence-electron chi connectivity index (χ1n) is 15.4. The average molecular weight is 841 g/mol. The molecule has 2 aliphatic carbocycles. The molecule has 22 heteroatoms. The summed E-state index contributed by atoms with van der Waals surface area (Å²) in [6, 6.07) is 12.2. The highest BCUT2D eigenvalue weighted by Crippen LogP contribution is 2.33. The first-order valence-corrected chi connectivity index (χ1v) is 21.1. The van der Waals surface area contributed by atoms with Crippen molar-refractivity contribution in [2.45, 2.75) is 9.79 Å². The normalized spacial score (nSPS) is 16.4. The van der Waals surface area contributed by atoms with E-state index < -0.39 is 71.6 Å². The summed E-state index contributed by atoms with van der Waals surface area (Å²) in [5.74, 6) is -1.45. The Balaban J connectivity index is 1.30. The summed E-state index contributed by atoms with van der Waals surface area (Å²) in [5.41, 5.74) is -1.75. The smallest absolute Gasteiger partial charge is 0.295 e. The third-order valence-electron chi connectivity index (χ3n) is 8.04. The van der Waals surface area contributed by atoms with Crippen LogP contribution in [0.1, 0.15) is 43.2 Å². The highest BCUT2D eigenvalue weighted by Gasteiger charge is 2.31. The zero-order valence-corrected chi connectivity index (χ0v) is 31.1. The van der Waals surface area contributed by atoms with Crippen molar-refractivity contribution in [3.63, 3.8) is 0 Å². The molecule has 0 saturated carbocycles. The van der Waals surface area contributed by atoms with E-state index in [9.17, 15) is 61.5 Å². The van der Waals surface area contributed by atoms with Crippen molar-refractivity contribution in [3.05, 3.63) is 142 Å². The number of anilines is 2. The second-order valence-corrected chi connectivity index (χ2v) is 17.3. The fourth-order valence-electron chi connectivity index (χ4n) is 5.53. The minimum Gasteiger partial charge on any atom is -0.361 e. The van der Waals surface area contributed by atoms with Crippen LogP contribution in [0.15, 0.2) is 119 Å². The van der Waals surface area contributed by atoms with E-state index in [0.29, 0.717) is 0 Å². The van der Waals surface area contributed by atoms with Gasteiger partial charge < -0.3 is 10.6 Å². The van der Waals surface area contributed by atoms with Gasteiger partial charge in [-0.3, -0.25) is 37.8 Å². The first kappa shape index (κ1) is 39.7. The number of nitrogens with zero attached hydrogens (tertiary/aromatic N) is 2. The molecule has 2 aromatic heterocycles. The molecule has 0 aliphatic heterocycles. The molecule has 0 saturated heterocycles. The van der Waals surface area contributed by atoms with Crippen LogP contribution in [-0.2, 0) is 40.5 Å². The largest absolute Gasteiger partial charge is 0.361 e. The Bertz CT molecular complexity index is 2800. The maximum Gasteiger partial charge on any atom is 0.295 e. The minimum atomic E-state index is -4.97. The van der Waals surface area contributed by atoms with Crippen LogP contribution >= 0.6 is 0 Å². The molecule has 0 bridgehead atoms. The van der Waals surface area contributed by atoms with Gasteiger partial charge in [0.2, 0.25) is 11.6 Å². The molecule has 6 rings (SSSR count). The van der Waals surface area contributed by atoms with E-state index >= 15 is 0 Å². The number of allylic oxidation sites excluding steroid dienone is 4. The van der Waals surface area contributed by atoms with Crippen LogP contribution in [0.3, 0.4) is 0 Å². The molecule has 2 heterocycles. The standard InChI is InChI=1S/C34H24N4O14S4/c39-33-21(13-29(55(47,48)49)25-3-1-11-35-31(25)33)17-37-23-9-7-19(27(15-23)53(41,42)43)5-6-20-8-10-24(16-28(20)54(44,45)46)38-18-22-14-30(56(50,51)52)26-4-2-12-36-32(26)34(22)40/h1-18,37-38H,(H,41,42,43)(H,44,45,46)(H,47,48,49)(H,50,51,52)/b6-5+,21-17-,22-18+. The van der Waals surface area contributed by atoms with Crippen LogP contribution in [0.2, 0.25) is 0 Å². The molecule has 56 heavy (non-hydrogen) atoms. The quantitative estimate of drug-likeness (QED) is 0.0747. The lowest BCUT2D eigenvalue weighted by molar-refractivity contribution is 0.102. The Morgan fingerprint density at radius 1 is 0.518 bits per heavy atom. The summed E-state index contributed by atoms with van der Waals surface area (Å²) in [5, 5.41) is 5.25. The summed E-state index contributed by atoms with van der Waals surface area (Å²) >= 11 is 0. The van der Waals surface area contributed by atoms with Crippen molar-refractivity contribution in [2.75, 3.05) is 10.6 Å². The van der Waals surface area contributed by atoms with Crippen LogP contribution < -0.4 is 10.6 Å². The molecular weight excluding hydrogens is 817 g/mol. The molecule has 0 atom stereocenters. The summed E-state index contributed by atoms with van der Waals surface area (Å²) in [6.45, 7) is 0. The Hall–Kier alpha value is -5.98. The summed E-state index contributed by atoms with van der Waals surface area (Å²) in [4.78, 5) is 31.2. The maximum atomic E-state index is 13.0. The molecule has 18 nitrogen and oxygen atoms in total. The zero-order valence-electron chi connectivity index (χ0n) is 27.8. The Labute approximate surface area is 318 Å². The van der Waals surface area contributed by atoms with Gasteiger partial charge in [-0.15, -0.1) is 0 Å². The number of rotatable bonds is 10. The molecule has 288 valence electrons. The van der Waals surface area contributed by atoms with Crippen molar-refractivity contribution in [2.24, 2.45) is 0 Å². The number of nitrogens with one attached hydrogen (secondary N) is 2. The van der Waals surface area contributed by atoms with Crippen LogP contribution in [0, 0.1) is 0 Å². The van der Waals surface area contributed by atoms with Crippen LogP contribution in [0.4, 0.5) is 11.4 Å². The molecule has 0 unspecified atom stereocenters. The maximum absolute atomic E-state index is 13.0. The number of fused-ring (bicyclic) bond motifs is 2. The number of carbonyl (C=O) groups excluding carboxylic acids is 2. The fourth-order valence-corrected chi connectivity index (χ4v) is 8.38. The van der Waals surface area contributed by atoms with Crippen molar-refractivity contribution in [1.82, 2.24) is 9.97 Å². The van der Waals surface area contributed by atoms with Crippen LogP contribution in [-0.4, -0.2) is 73.4 Å². The fraction of sp³-hybridized carbons (Fsp3) is 0. The van der Waals surface area contributed by atoms with Gasteiger partial charge in [0.05, 0.1) is 0 Å². The van der Waals surface area contributed by atoms with Gasteiger partial charge in [-0.25, -0.2) is 0 Å². The number of Topliss-reactive ketones (excluding diaryl/α,β-unsaturated/α-hetero) is 2. The number of benzene rings is 2. The van der Waals surface area contributed by atoms with E-state index in [0.717, 1.165) is 48.8 Å². The van der Waals surface area contributed by atoms with Crippen molar-refractivity contribution in [1.29, 1.82) is 0 Å². The van der Waals surface area contributed by atoms with Gasteiger partial charge in [0.1, 0.15) is 31.0 Å². The number of aromatic nitrogens is 2. The monoisotopic (exact) mass is 840 g/mol. The number of hydrogen-bond acceptors (Lipinski definition) is 14. The van der Waals surface area contributed by atoms with E-state index in [2.05, 4.69) is 20.6 Å². The Morgan fingerprint density at radius 2 is 0.893 bits per heavy atom. The van der Waals surface area contributed by atoms with Gasteiger partial charge >= 0.3 is 0 Å². The van der Waals surface area contributed by atoms with Crippen molar-refractivity contribution in [3.8, 4) is 0 Å². The second-order valence-electron chi connectivity index (χ2n) is 11.7. The van der Waals surface area contributed by atoms with E-state index in [4.69, 9.17) is 0 Å². The molecule has 2 aromatic carbocycles. The lowest BCUT2D eigenvalue weighted by Crippen LogP contribution is -2.17. The number of hydrogen-bond donors (Lipinski definition) is 6. The number of ketones is 2. The topological polar surface area (TPSA) is 301 Å². The Morgan fingerprint density at radius 3 is 1.23 bits per heavy atom.